The van der Waals surface area contributed by atoms with E-state index in [1.165, 1.54) is 45.5 Å². The van der Waals surface area contributed by atoms with E-state index in [2.05, 4.69) is 110 Å². The van der Waals surface area contributed by atoms with Gasteiger partial charge in [0.1, 0.15) is 0 Å². The van der Waals surface area contributed by atoms with Crippen LogP contribution in [-0.4, -0.2) is 19.4 Å². The van der Waals surface area contributed by atoms with E-state index in [0.29, 0.717) is 0 Å². The highest BCUT2D eigenvalue weighted by molar-refractivity contribution is 5.77. The van der Waals surface area contributed by atoms with Gasteiger partial charge in [-0.1, -0.05) is 78.5 Å². The summed E-state index contributed by atoms with van der Waals surface area (Å²) in [6, 6.07) is 13.0. The second-order valence-corrected chi connectivity index (χ2v) is 13.3. The molecule has 224 valence electrons. The number of nitrogens with zero attached hydrogens (tertiary/aromatic N) is 1. The highest BCUT2D eigenvalue weighted by atomic mass is 16.5. The van der Waals surface area contributed by atoms with E-state index < -0.39 is 5.72 Å². The Kier molecular flexibility index (Phi) is 7.16. The van der Waals surface area contributed by atoms with Crippen LogP contribution in [-0.2, 0) is 5.41 Å². The Morgan fingerprint density at radius 1 is 0.909 bits per heavy atom. The Labute approximate surface area is 263 Å². The number of ether oxygens (including phenoxy) is 2. The number of rotatable bonds is 6. The van der Waals surface area contributed by atoms with Crippen molar-refractivity contribution in [2.24, 2.45) is 0 Å². The number of hydrogen-bond donors (Lipinski definition) is 0. The summed E-state index contributed by atoms with van der Waals surface area (Å²) in [5.41, 5.74) is 12.1. The first kappa shape index (κ1) is 28.5. The zero-order valence-electron chi connectivity index (χ0n) is 26.6. The minimum atomic E-state index is -0.692. The van der Waals surface area contributed by atoms with Crippen LogP contribution in [0.25, 0.3) is 11.6 Å². The third-order valence-electron chi connectivity index (χ3n) is 10.3. The average molecular weight is 582 g/mol. The molecule has 0 N–H and O–H groups in total. The lowest BCUT2D eigenvalue weighted by molar-refractivity contribution is 0.0521. The summed E-state index contributed by atoms with van der Waals surface area (Å²) >= 11 is 0. The van der Waals surface area contributed by atoms with E-state index >= 15 is 0 Å². The van der Waals surface area contributed by atoms with E-state index in [0.717, 1.165) is 66.8 Å². The molecule has 44 heavy (non-hydrogen) atoms. The highest BCUT2D eigenvalue weighted by Gasteiger charge is 2.59. The summed E-state index contributed by atoms with van der Waals surface area (Å²) in [5, 5.41) is 0. The number of benzene rings is 2. The molecule has 0 fully saturated rings. The molecule has 0 radical (unpaired) electrons. The van der Waals surface area contributed by atoms with Crippen LogP contribution in [0.1, 0.15) is 76.0 Å². The Hall–Kier alpha value is -4.24. The molecule has 2 heterocycles. The predicted octanol–water partition coefficient (Wildman–Crippen LogP) is 10.2. The molecule has 0 bridgehead atoms. The van der Waals surface area contributed by atoms with Crippen molar-refractivity contribution in [1.29, 1.82) is 0 Å². The standard InChI is InChI=1S/C41H43NO2/c1-28(2)35-25-34-23-24-41(44-39(34)38(26-35)43-5)40(3,4)36-13-9-10-14-37(36)42(41)27-29-15-17-31(18-16-29)33-21-19-32(20-22-33)30-11-7-6-8-12-30/h6-7,9-11,13-15,17,19,21,23-26H,1,8,12,16,18,20,22,27H2,2-5H3. The van der Waals surface area contributed by atoms with Gasteiger partial charge >= 0.3 is 0 Å². The first-order valence-corrected chi connectivity index (χ1v) is 16.1. The van der Waals surface area contributed by atoms with Gasteiger partial charge in [-0.3, -0.25) is 0 Å². The molecule has 1 unspecified atom stereocenters. The van der Waals surface area contributed by atoms with Crippen LogP contribution >= 0.6 is 0 Å². The van der Waals surface area contributed by atoms with Crippen LogP contribution in [0.5, 0.6) is 11.5 Å². The maximum absolute atomic E-state index is 7.18. The Morgan fingerprint density at radius 2 is 1.61 bits per heavy atom. The predicted molar refractivity (Wildman–Crippen MR) is 184 cm³/mol. The van der Waals surface area contributed by atoms with Gasteiger partial charge in [0.05, 0.1) is 12.5 Å². The fraction of sp³-hybridized carbons (Fsp3) is 0.317. The number of para-hydroxylation sites is 1. The number of hydrogen-bond acceptors (Lipinski definition) is 3. The smallest absolute Gasteiger partial charge is 0.212 e. The largest absolute Gasteiger partial charge is 0.493 e. The molecule has 0 saturated carbocycles. The van der Waals surface area contributed by atoms with E-state index in [9.17, 15) is 0 Å². The van der Waals surface area contributed by atoms with Gasteiger partial charge in [-0.25, -0.2) is 0 Å². The van der Waals surface area contributed by atoms with Crippen molar-refractivity contribution < 1.29 is 9.47 Å². The molecule has 1 spiro atoms. The summed E-state index contributed by atoms with van der Waals surface area (Å²) in [7, 11) is 1.72. The second-order valence-electron chi connectivity index (χ2n) is 13.3. The molecule has 2 aliphatic heterocycles. The number of methoxy groups -OCH3 is 1. The van der Waals surface area contributed by atoms with Crippen molar-refractivity contribution in [3.05, 3.63) is 136 Å². The van der Waals surface area contributed by atoms with Crippen LogP contribution in [0.3, 0.4) is 0 Å². The Morgan fingerprint density at radius 3 is 2.25 bits per heavy atom. The van der Waals surface area contributed by atoms with Crippen molar-refractivity contribution in [2.45, 2.75) is 70.4 Å². The highest BCUT2D eigenvalue weighted by Crippen LogP contribution is 2.56. The number of fused-ring (bicyclic) bond motifs is 2. The molecule has 2 aromatic rings. The third kappa shape index (κ3) is 4.65. The van der Waals surface area contributed by atoms with E-state index in [-0.39, 0.29) is 5.41 Å². The molecular formula is C41H43NO2. The zero-order chi connectivity index (χ0) is 30.5. The molecule has 0 saturated heterocycles. The quantitative estimate of drug-likeness (QED) is 0.339. The zero-order valence-corrected chi connectivity index (χ0v) is 26.6. The van der Waals surface area contributed by atoms with Gasteiger partial charge in [-0.2, -0.15) is 0 Å². The van der Waals surface area contributed by atoms with Gasteiger partial charge in [0.2, 0.25) is 5.72 Å². The maximum Gasteiger partial charge on any atom is 0.212 e. The lowest BCUT2D eigenvalue weighted by atomic mass is 9.76. The average Bonchev–Trinajstić information content (AvgIpc) is 3.23. The van der Waals surface area contributed by atoms with Crippen LogP contribution in [0.4, 0.5) is 5.69 Å². The summed E-state index contributed by atoms with van der Waals surface area (Å²) in [4.78, 5) is 2.49. The Balaban J connectivity index is 1.20. The van der Waals surface area contributed by atoms with E-state index in [4.69, 9.17) is 9.47 Å². The molecule has 7 rings (SSSR count). The SMILES string of the molecule is C=C(C)c1cc2c(c(OC)c1)OC1(C=C2)N(CC2=CC=C(C3=CC=C(C4=CC=CCC4)CC3)CC2)c2ccccc2C1(C)C. The van der Waals surface area contributed by atoms with Crippen LogP contribution in [0, 0.1) is 0 Å². The van der Waals surface area contributed by atoms with Gasteiger partial charge < -0.3 is 14.4 Å². The molecule has 3 heteroatoms. The van der Waals surface area contributed by atoms with Crippen molar-refractivity contribution in [1.82, 2.24) is 0 Å². The minimum absolute atomic E-state index is 0.299. The summed E-state index contributed by atoms with van der Waals surface area (Å²) in [5.74, 6) is 1.54. The van der Waals surface area contributed by atoms with Crippen molar-refractivity contribution >= 4 is 17.3 Å². The molecule has 0 aromatic heterocycles. The summed E-state index contributed by atoms with van der Waals surface area (Å²) in [6.07, 6.45) is 27.5. The van der Waals surface area contributed by atoms with Gasteiger partial charge in [-0.15, -0.1) is 0 Å². The molecular weight excluding hydrogens is 538 g/mol. The fourth-order valence-corrected chi connectivity index (χ4v) is 7.60. The minimum Gasteiger partial charge on any atom is -0.493 e. The maximum atomic E-state index is 7.18. The molecule has 3 nitrogen and oxygen atoms in total. The van der Waals surface area contributed by atoms with E-state index in [1.54, 1.807) is 7.11 Å². The number of allylic oxidation sites excluding steroid dienone is 12. The molecule has 1 atom stereocenters. The van der Waals surface area contributed by atoms with Gasteiger partial charge in [-0.05, 0) is 123 Å². The molecule has 0 amide bonds. The van der Waals surface area contributed by atoms with Crippen molar-refractivity contribution in [2.75, 3.05) is 18.6 Å². The van der Waals surface area contributed by atoms with Crippen molar-refractivity contribution in [3.8, 4) is 11.5 Å². The third-order valence-corrected chi connectivity index (χ3v) is 10.3. The molecule has 2 aromatic carbocycles. The van der Waals surface area contributed by atoms with Gasteiger partial charge in [0.15, 0.2) is 11.5 Å². The van der Waals surface area contributed by atoms with Crippen LogP contribution < -0.4 is 14.4 Å². The molecule has 3 aliphatic carbocycles. The second kappa shape index (κ2) is 11.0. The lowest BCUT2D eigenvalue weighted by Gasteiger charge is -2.47. The first-order valence-electron chi connectivity index (χ1n) is 16.1. The lowest BCUT2D eigenvalue weighted by Crippen LogP contribution is -2.60. The van der Waals surface area contributed by atoms with Gasteiger partial charge in [0, 0.05) is 17.8 Å². The normalized spacial score (nSPS) is 23.1. The van der Waals surface area contributed by atoms with Crippen molar-refractivity contribution in [3.63, 3.8) is 0 Å². The molecule has 5 aliphatic rings. The van der Waals surface area contributed by atoms with Crippen LogP contribution in [0.2, 0.25) is 0 Å². The topological polar surface area (TPSA) is 21.7 Å². The monoisotopic (exact) mass is 581 g/mol. The van der Waals surface area contributed by atoms with E-state index in [1.807, 2.05) is 13.0 Å². The Bertz CT molecular complexity index is 1750. The first-order chi connectivity index (χ1) is 21.3. The fourth-order valence-electron chi connectivity index (χ4n) is 7.60. The van der Waals surface area contributed by atoms with Crippen LogP contribution in [0.15, 0.2) is 119 Å². The van der Waals surface area contributed by atoms with Gasteiger partial charge in [0.25, 0.3) is 0 Å². The summed E-state index contributed by atoms with van der Waals surface area (Å²) < 4.78 is 13.1. The number of anilines is 1. The summed E-state index contributed by atoms with van der Waals surface area (Å²) in [6.45, 7) is 11.6.